The Hall–Kier alpha value is -1.55. The Bertz CT molecular complexity index is 441. The molecule has 0 radical (unpaired) electrons. The number of rotatable bonds is 6. The second-order valence-corrected chi connectivity index (χ2v) is 5.44. The second-order valence-electron chi connectivity index (χ2n) is 5.44. The molecule has 0 aromatic heterocycles. The molecule has 19 heavy (non-hydrogen) atoms. The number of aliphatic hydroxyl groups is 1. The molecule has 4 nitrogen and oxygen atoms in total. The molecule has 4 heteroatoms. The molecule has 0 fully saturated rings. The van der Waals surface area contributed by atoms with Crippen molar-refractivity contribution in [2.75, 3.05) is 13.2 Å². The van der Waals surface area contributed by atoms with Crippen molar-refractivity contribution in [1.82, 2.24) is 5.32 Å². The molecule has 0 saturated carbocycles. The van der Waals surface area contributed by atoms with E-state index in [4.69, 9.17) is 9.84 Å². The lowest BCUT2D eigenvalue weighted by atomic mass is 10.0. The van der Waals surface area contributed by atoms with Gasteiger partial charge in [0.15, 0.2) is 6.61 Å². The maximum Gasteiger partial charge on any atom is 0.258 e. The number of aryl methyl sites for hydroxylation is 2. The quantitative estimate of drug-likeness (QED) is 0.826. The van der Waals surface area contributed by atoms with Crippen molar-refractivity contribution in [3.05, 3.63) is 29.3 Å². The molecule has 0 aliphatic heterocycles. The zero-order chi connectivity index (χ0) is 14.5. The molecule has 106 valence electrons. The van der Waals surface area contributed by atoms with Gasteiger partial charge in [0.1, 0.15) is 5.75 Å². The maximum absolute atomic E-state index is 11.7. The van der Waals surface area contributed by atoms with Crippen LogP contribution in [0.4, 0.5) is 0 Å². The molecule has 2 N–H and O–H groups in total. The van der Waals surface area contributed by atoms with E-state index in [1.807, 2.05) is 45.9 Å². The van der Waals surface area contributed by atoms with Gasteiger partial charge in [-0.15, -0.1) is 0 Å². The van der Waals surface area contributed by atoms with Crippen LogP contribution in [0.25, 0.3) is 0 Å². The van der Waals surface area contributed by atoms with Crippen LogP contribution in [-0.2, 0) is 4.79 Å². The van der Waals surface area contributed by atoms with Crippen LogP contribution in [-0.4, -0.2) is 29.8 Å². The summed E-state index contributed by atoms with van der Waals surface area (Å²) in [7, 11) is 0. The van der Waals surface area contributed by atoms with E-state index in [1.165, 1.54) is 5.56 Å². The Kier molecular flexibility index (Phi) is 5.36. The van der Waals surface area contributed by atoms with Crippen molar-refractivity contribution < 1.29 is 14.6 Å². The molecule has 0 aliphatic carbocycles. The summed E-state index contributed by atoms with van der Waals surface area (Å²) in [6, 6.07) is 5.74. The Labute approximate surface area is 114 Å². The minimum absolute atomic E-state index is 0.0165. The number of nitrogens with one attached hydrogen (secondary N) is 1. The van der Waals surface area contributed by atoms with Crippen molar-refractivity contribution in [1.29, 1.82) is 0 Å². The summed E-state index contributed by atoms with van der Waals surface area (Å²) in [6.45, 7) is 7.81. The van der Waals surface area contributed by atoms with Gasteiger partial charge < -0.3 is 15.2 Å². The molecule has 1 rings (SSSR count). The predicted molar refractivity (Wildman–Crippen MR) is 75.3 cm³/mol. The van der Waals surface area contributed by atoms with Crippen LogP contribution in [0.5, 0.6) is 5.75 Å². The Morgan fingerprint density at radius 1 is 1.32 bits per heavy atom. The zero-order valence-electron chi connectivity index (χ0n) is 12.1. The molecule has 0 heterocycles. The van der Waals surface area contributed by atoms with Crippen LogP contribution in [0.2, 0.25) is 0 Å². The highest BCUT2D eigenvalue weighted by molar-refractivity contribution is 5.78. The van der Waals surface area contributed by atoms with E-state index < -0.39 is 5.54 Å². The number of benzene rings is 1. The maximum atomic E-state index is 11.7. The standard InChI is InChI=1S/C15H23NO3/c1-11-5-6-13(9-12(11)2)19-10-14(18)16-15(3,4)7-8-17/h5-6,9,17H,7-8,10H2,1-4H3,(H,16,18). The fraction of sp³-hybridized carbons (Fsp3) is 0.533. The highest BCUT2D eigenvalue weighted by Crippen LogP contribution is 2.16. The lowest BCUT2D eigenvalue weighted by Crippen LogP contribution is -2.46. The predicted octanol–water partition coefficient (Wildman–Crippen LogP) is 1.96. The summed E-state index contributed by atoms with van der Waals surface area (Å²) in [5.41, 5.74) is 1.91. The third-order valence-electron chi connectivity index (χ3n) is 3.06. The van der Waals surface area contributed by atoms with E-state index in [2.05, 4.69) is 5.32 Å². The number of ether oxygens (including phenoxy) is 1. The summed E-state index contributed by atoms with van der Waals surface area (Å²) < 4.78 is 5.45. The van der Waals surface area contributed by atoms with Crippen molar-refractivity contribution in [2.45, 2.75) is 39.7 Å². The first-order valence-corrected chi connectivity index (χ1v) is 6.46. The molecule has 0 unspecified atom stereocenters. The topological polar surface area (TPSA) is 58.6 Å². The molecule has 0 spiro atoms. The van der Waals surface area contributed by atoms with Gasteiger partial charge in [-0.1, -0.05) is 6.07 Å². The van der Waals surface area contributed by atoms with Crippen LogP contribution in [0.15, 0.2) is 18.2 Å². The van der Waals surface area contributed by atoms with Gasteiger partial charge in [-0.05, 0) is 57.4 Å². The number of aliphatic hydroxyl groups excluding tert-OH is 1. The Morgan fingerprint density at radius 3 is 2.58 bits per heavy atom. The minimum Gasteiger partial charge on any atom is -0.484 e. The average Bonchev–Trinajstić information content (AvgIpc) is 2.30. The van der Waals surface area contributed by atoms with Gasteiger partial charge in [0, 0.05) is 12.1 Å². The van der Waals surface area contributed by atoms with Crippen LogP contribution in [0, 0.1) is 13.8 Å². The zero-order valence-corrected chi connectivity index (χ0v) is 12.1. The Balaban J connectivity index is 2.48. The van der Waals surface area contributed by atoms with Crippen molar-refractivity contribution in [2.24, 2.45) is 0 Å². The molecule has 1 aromatic carbocycles. The van der Waals surface area contributed by atoms with Gasteiger partial charge in [-0.25, -0.2) is 0 Å². The summed E-state index contributed by atoms with van der Waals surface area (Å²) >= 11 is 0. The third-order valence-corrected chi connectivity index (χ3v) is 3.06. The third kappa shape index (κ3) is 5.30. The summed E-state index contributed by atoms with van der Waals surface area (Å²) in [6.07, 6.45) is 0.516. The summed E-state index contributed by atoms with van der Waals surface area (Å²) in [5, 5.41) is 11.7. The van der Waals surface area contributed by atoms with Gasteiger partial charge >= 0.3 is 0 Å². The minimum atomic E-state index is -0.418. The van der Waals surface area contributed by atoms with Gasteiger partial charge in [0.25, 0.3) is 5.91 Å². The first kappa shape index (κ1) is 15.5. The summed E-state index contributed by atoms with van der Waals surface area (Å²) in [4.78, 5) is 11.7. The number of amides is 1. The van der Waals surface area contributed by atoms with Crippen molar-refractivity contribution in [3.63, 3.8) is 0 Å². The Morgan fingerprint density at radius 2 is 2.00 bits per heavy atom. The van der Waals surface area contributed by atoms with Gasteiger partial charge in [0.05, 0.1) is 0 Å². The molecule has 0 bridgehead atoms. The van der Waals surface area contributed by atoms with Crippen LogP contribution in [0.1, 0.15) is 31.4 Å². The molecular formula is C15H23NO3. The van der Waals surface area contributed by atoms with Crippen LogP contribution < -0.4 is 10.1 Å². The van der Waals surface area contributed by atoms with Crippen LogP contribution >= 0.6 is 0 Å². The molecule has 1 amide bonds. The lowest BCUT2D eigenvalue weighted by Gasteiger charge is -2.25. The molecule has 0 saturated heterocycles. The van der Waals surface area contributed by atoms with E-state index >= 15 is 0 Å². The first-order valence-electron chi connectivity index (χ1n) is 6.46. The van der Waals surface area contributed by atoms with Gasteiger partial charge in [0.2, 0.25) is 0 Å². The van der Waals surface area contributed by atoms with E-state index in [0.29, 0.717) is 12.2 Å². The smallest absolute Gasteiger partial charge is 0.258 e. The van der Waals surface area contributed by atoms with E-state index in [1.54, 1.807) is 0 Å². The normalized spacial score (nSPS) is 11.2. The highest BCUT2D eigenvalue weighted by Gasteiger charge is 2.19. The number of hydrogen-bond acceptors (Lipinski definition) is 3. The molecule has 0 atom stereocenters. The van der Waals surface area contributed by atoms with E-state index in [-0.39, 0.29) is 19.1 Å². The highest BCUT2D eigenvalue weighted by atomic mass is 16.5. The van der Waals surface area contributed by atoms with E-state index in [0.717, 1.165) is 5.56 Å². The van der Waals surface area contributed by atoms with Gasteiger partial charge in [-0.2, -0.15) is 0 Å². The van der Waals surface area contributed by atoms with Crippen molar-refractivity contribution in [3.8, 4) is 5.75 Å². The first-order chi connectivity index (χ1) is 8.84. The molecule has 0 aliphatic rings. The number of hydrogen-bond donors (Lipinski definition) is 2. The molecular weight excluding hydrogens is 242 g/mol. The number of carbonyl (C=O) groups excluding carboxylic acids is 1. The van der Waals surface area contributed by atoms with Crippen LogP contribution in [0.3, 0.4) is 0 Å². The van der Waals surface area contributed by atoms with Crippen molar-refractivity contribution >= 4 is 5.91 Å². The van der Waals surface area contributed by atoms with Gasteiger partial charge in [-0.3, -0.25) is 4.79 Å². The number of carbonyl (C=O) groups is 1. The lowest BCUT2D eigenvalue weighted by molar-refractivity contribution is -0.124. The SMILES string of the molecule is Cc1ccc(OCC(=O)NC(C)(C)CCO)cc1C. The fourth-order valence-electron chi connectivity index (χ4n) is 1.71. The molecule has 1 aromatic rings. The average molecular weight is 265 g/mol. The van der Waals surface area contributed by atoms with E-state index in [9.17, 15) is 4.79 Å². The fourth-order valence-corrected chi connectivity index (χ4v) is 1.71. The summed E-state index contributed by atoms with van der Waals surface area (Å²) in [5.74, 6) is 0.509. The monoisotopic (exact) mass is 265 g/mol. The largest absolute Gasteiger partial charge is 0.484 e. The second kappa shape index (κ2) is 6.57.